The van der Waals surface area contributed by atoms with Gasteiger partial charge in [0.25, 0.3) is 5.91 Å². The van der Waals surface area contributed by atoms with Crippen molar-refractivity contribution in [2.24, 2.45) is 0 Å². The van der Waals surface area contributed by atoms with E-state index in [9.17, 15) is 22.8 Å². The Morgan fingerprint density at radius 2 is 1.79 bits per heavy atom. The minimum absolute atomic E-state index is 0.171. The van der Waals surface area contributed by atoms with Crippen molar-refractivity contribution in [1.82, 2.24) is 9.97 Å². The zero-order valence-corrected chi connectivity index (χ0v) is 14.5. The van der Waals surface area contributed by atoms with Gasteiger partial charge in [-0.1, -0.05) is 6.07 Å². The number of aromatic carboxylic acids is 1. The number of nitrogens with zero attached hydrogens (tertiary/aromatic N) is 2. The molecule has 0 atom stereocenters. The topological polar surface area (TPSA) is 101 Å². The van der Waals surface area contributed by atoms with Crippen molar-refractivity contribution in [3.8, 4) is 16.9 Å². The summed E-state index contributed by atoms with van der Waals surface area (Å²) in [6.45, 7) is 0. The lowest BCUT2D eigenvalue weighted by Crippen LogP contribution is -2.20. The molecule has 3 rings (SSSR count). The van der Waals surface area contributed by atoms with Crippen molar-refractivity contribution in [1.29, 1.82) is 0 Å². The van der Waals surface area contributed by atoms with Gasteiger partial charge < -0.3 is 15.2 Å². The Labute approximate surface area is 161 Å². The van der Waals surface area contributed by atoms with Gasteiger partial charge in [-0.25, -0.2) is 9.78 Å². The van der Waals surface area contributed by atoms with E-state index in [1.807, 2.05) is 6.07 Å². The number of carboxylic acids is 1. The average Bonchev–Trinajstić information content (AvgIpc) is 2.68. The van der Waals surface area contributed by atoms with Gasteiger partial charge >= 0.3 is 12.3 Å². The first-order chi connectivity index (χ1) is 13.7. The summed E-state index contributed by atoms with van der Waals surface area (Å²) in [5.74, 6) is -3.15. The lowest BCUT2D eigenvalue weighted by Gasteiger charge is -2.12. The fourth-order valence-electron chi connectivity index (χ4n) is 2.41. The van der Waals surface area contributed by atoms with Crippen molar-refractivity contribution in [3.05, 3.63) is 72.2 Å². The molecule has 0 radical (unpaired) electrons. The number of hydrogen-bond acceptors (Lipinski definition) is 5. The van der Waals surface area contributed by atoms with Crippen molar-refractivity contribution < 1.29 is 32.6 Å². The number of carbonyl (C=O) groups is 2. The number of anilines is 1. The van der Waals surface area contributed by atoms with Gasteiger partial charge in [0, 0.05) is 35.3 Å². The first-order valence-electron chi connectivity index (χ1n) is 8.04. The highest BCUT2D eigenvalue weighted by Crippen LogP contribution is 2.27. The third kappa shape index (κ3) is 5.06. The van der Waals surface area contributed by atoms with Crippen LogP contribution < -0.4 is 10.1 Å². The number of rotatable bonds is 5. The van der Waals surface area contributed by atoms with E-state index in [-0.39, 0.29) is 11.4 Å². The minimum Gasteiger partial charge on any atom is -0.478 e. The van der Waals surface area contributed by atoms with Crippen LogP contribution in [0.2, 0.25) is 0 Å². The zero-order valence-electron chi connectivity index (χ0n) is 14.5. The molecule has 29 heavy (non-hydrogen) atoms. The van der Waals surface area contributed by atoms with Crippen molar-refractivity contribution >= 4 is 17.7 Å². The molecule has 3 aromatic rings. The highest BCUT2D eigenvalue weighted by molar-refractivity contribution is 6.05. The Hall–Kier alpha value is -3.95. The number of alkyl halides is 3. The van der Waals surface area contributed by atoms with Crippen LogP contribution >= 0.6 is 0 Å². The quantitative estimate of drug-likeness (QED) is 0.668. The summed E-state index contributed by atoms with van der Waals surface area (Å²) in [6, 6.07) is 9.40. The normalized spacial score (nSPS) is 11.0. The molecule has 0 fully saturated rings. The number of carboxylic acid groups (broad SMARTS) is 1. The molecular weight excluding hydrogens is 391 g/mol. The molecular formula is C19H12F3N3O4. The Balaban J connectivity index is 1.78. The van der Waals surface area contributed by atoms with E-state index in [1.165, 1.54) is 12.3 Å². The van der Waals surface area contributed by atoms with E-state index >= 15 is 0 Å². The third-order valence-corrected chi connectivity index (χ3v) is 3.70. The monoisotopic (exact) mass is 403 g/mol. The molecule has 2 aromatic heterocycles. The van der Waals surface area contributed by atoms with E-state index in [0.717, 1.165) is 29.3 Å². The SMILES string of the molecule is O=C(Nc1ccc(-c2cccnc2)cn1)c1ccc(OC(F)(F)F)c(C(=O)O)c1. The van der Waals surface area contributed by atoms with Crippen LogP contribution in [0.25, 0.3) is 11.1 Å². The Kier molecular flexibility index (Phi) is 5.44. The molecule has 2 heterocycles. The number of amides is 1. The molecule has 0 unspecified atom stereocenters. The number of benzene rings is 1. The number of aromatic nitrogens is 2. The summed E-state index contributed by atoms with van der Waals surface area (Å²) in [6.07, 6.45) is -0.279. The average molecular weight is 403 g/mol. The summed E-state index contributed by atoms with van der Waals surface area (Å²) < 4.78 is 40.8. The molecule has 148 valence electrons. The van der Waals surface area contributed by atoms with Gasteiger partial charge in [0.15, 0.2) is 0 Å². The van der Waals surface area contributed by atoms with Crippen LogP contribution in [0.5, 0.6) is 5.75 Å². The molecule has 0 saturated heterocycles. The lowest BCUT2D eigenvalue weighted by molar-refractivity contribution is -0.274. The standard InChI is InChI=1S/C19H12F3N3O4/c20-19(21,22)29-15-5-3-11(8-14(15)18(27)28)17(26)25-16-6-4-13(10-24-16)12-2-1-7-23-9-12/h1-10H,(H,27,28)(H,24,25,26). The fourth-order valence-corrected chi connectivity index (χ4v) is 2.41. The highest BCUT2D eigenvalue weighted by Gasteiger charge is 2.33. The number of halogens is 3. The smallest absolute Gasteiger partial charge is 0.478 e. The molecule has 0 aliphatic rings. The molecule has 0 spiro atoms. The Morgan fingerprint density at radius 3 is 2.38 bits per heavy atom. The van der Waals surface area contributed by atoms with E-state index in [2.05, 4.69) is 20.0 Å². The van der Waals surface area contributed by atoms with Gasteiger partial charge in [0.2, 0.25) is 0 Å². The van der Waals surface area contributed by atoms with Crippen molar-refractivity contribution in [2.45, 2.75) is 6.36 Å². The number of hydrogen-bond donors (Lipinski definition) is 2. The highest BCUT2D eigenvalue weighted by atomic mass is 19.4. The van der Waals surface area contributed by atoms with Gasteiger partial charge in [-0.15, -0.1) is 13.2 Å². The molecule has 2 N–H and O–H groups in total. The van der Waals surface area contributed by atoms with Crippen LogP contribution in [-0.2, 0) is 0 Å². The molecule has 10 heteroatoms. The molecule has 0 bridgehead atoms. The van der Waals surface area contributed by atoms with Gasteiger partial charge in [-0.3, -0.25) is 9.78 Å². The van der Waals surface area contributed by atoms with E-state index in [1.54, 1.807) is 24.5 Å². The molecule has 7 nitrogen and oxygen atoms in total. The maximum atomic E-state index is 12.4. The van der Waals surface area contributed by atoms with E-state index in [0.29, 0.717) is 0 Å². The molecule has 1 aromatic carbocycles. The first kappa shape index (κ1) is 19.8. The van der Waals surface area contributed by atoms with Crippen LogP contribution in [0.4, 0.5) is 19.0 Å². The molecule has 0 aliphatic heterocycles. The lowest BCUT2D eigenvalue weighted by atomic mass is 10.1. The van der Waals surface area contributed by atoms with Crippen molar-refractivity contribution in [3.63, 3.8) is 0 Å². The number of carbonyl (C=O) groups excluding carboxylic acids is 1. The summed E-state index contributed by atoms with van der Waals surface area (Å²) in [7, 11) is 0. The maximum absolute atomic E-state index is 12.4. The molecule has 0 saturated carbocycles. The third-order valence-electron chi connectivity index (χ3n) is 3.70. The maximum Gasteiger partial charge on any atom is 0.573 e. The van der Waals surface area contributed by atoms with E-state index in [4.69, 9.17) is 5.11 Å². The predicted molar refractivity (Wildman–Crippen MR) is 95.5 cm³/mol. The fraction of sp³-hybridized carbons (Fsp3) is 0.0526. The van der Waals surface area contributed by atoms with Gasteiger partial charge in [-0.2, -0.15) is 0 Å². The van der Waals surface area contributed by atoms with Crippen LogP contribution in [0.3, 0.4) is 0 Å². The second-order valence-electron chi connectivity index (χ2n) is 5.69. The molecule has 0 aliphatic carbocycles. The van der Waals surface area contributed by atoms with Crippen molar-refractivity contribution in [2.75, 3.05) is 5.32 Å². The van der Waals surface area contributed by atoms with Crippen LogP contribution in [0.15, 0.2) is 61.1 Å². The first-order valence-corrected chi connectivity index (χ1v) is 8.04. The number of ether oxygens (including phenoxy) is 1. The summed E-state index contributed by atoms with van der Waals surface area (Å²) in [4.78, 5) is 31.6. The number of nitrogens with one attached hydrogen (secondary N) is 1. The van der Waals surface area contributed by atoms with Gasteiger partial charge in [-0.05, 0) is 36.4 Å². The minimum atomic E-state index is -5.06. The second kappa shape index (κ2) is 7.97. The van der Waals surface area contributed by atoms with Gasteiger partial charge in [0.05, 0.1) is 0 Å². The van der Waals surface area contributed by atoms with Crippen LogP contribution in [-0.4, -0.2) is 33.3 Å². The zero-order chi connectivity index (χ0) is 21.0. The largest absolute Gasteiger partial charge is 0.573 e. The van der Waals surface area contributed by atoms with E-state index < -0.39 is 29.6 Å². The van der Waals surface area contributed by atoms with Gasteiger partial charge in [0.1, 0.15) is 17.1 Å². The summed E-state index contributed by atoms with van der Waals surface area (Å²) >= 11 is 0. The summed E-state index contributed by atoms with van der Waals surface area (Å²) in [5, 5.41) is 11.5. The summed E-state index contributed by atoms with van der Waals surface area (Å²) in [5.41, 5.74) is 0.618. The predicted octanol–water partition coefficient (Wildman–Crippen LogP) is 3.99. The number of pyridine rings is 2. The van der Waals surface area contributed by atoms with Crippen LogP contribution in [0, 0.1) is 0 Å². The Bertz CT molecular complexity index is 1040. The Morgan fingerprint density at radius 1 is 1.03 bits per heavy atom. The second-order valence-corrected chi connectivity index (χ2v) is 5.69. The van der Waals surface area contributed by atoms with Crippen LogP contribution in [0.1, 0.15) is 20.7 Å². The molecule has 1 amide bonds.